The summed E-state index contributed by atoms with van der Waals surface area (Å²) < 4.78 is 0. The zero-order valence-electron chi connectivity index (χ0n) is 16.1. The van der Waals surface area contributed by atoms with Crippen molar-refractivity contribution in [3.8, 4) is 0 Å². The van der Waals surface area contributed by atoms with E-state index in [1.54, 1.807) is 18.0 Å². The summed E-state index contributed by atoms with van der Waals surface area (Å²) in [4.78, 5) is 39.5. The number of thiol groups is 1. The first-order valence-electron chi connectivity index (χ1n) is 9.11. The van der Waals surface area contributed by atoms with Crippen molar-refractivity contribution in [3.05, 3.63) is 36.0 Å². The molecule has 29 heavy (non-hydrogen) atoms. The maximum atomic E-state index is 12.6. The zero-order valence-corrected chi connectivity index (χ0v) is 17.8. The van der Waals surface area contributed by atoms with Crippen LogP contribution in [-0.4, -0.2) is 63.8 Å². The molecule has 0 aliphatic rings. The van der Waals surface area contributed by atoms with E-state index in [0.717, 1.165) is 22.2 Å². The number of carboxylic acids is 1. The van der Waals surface area contributed by atoms with Crippen molar-refractivity contribution >= 4 is 53.1 Å². The first-order valence-corrected chi connectivity index (χ1v) is 11.1. The molecule has 10 heteroatoms. The fourth-order valence-electron chi connectivity index (χ4n) is 2.84. The van der Waals surface area contributed by atoms with Gasteiger partial charge < -0.3 is 26.5 Å². The lowest BCUT2D eigenvalue weighted by atomic mass is 10.0. The Balaban J connectivity index is 2.03. The molecule has 0 spiro atoms. The van der Waals surface area contributed by atoms with Crippen LogP contribution in [0, 0.1) is 0 Å². The lowest BCUT2D eigenvalue weighted by Gasteiger charge is -2.21. The highest BCUT2D eigenvalue weighted by molar-refractivity contribution is 7.98. The smallest absolute Gasteiger partial charge is 0.326 e. The van der Waals surface area contributed by atoms with Crippen LogP contribution in [0.15, 0.2) is 30.5 Å². The van der Waals surface area contributed by atoms with Gasteiger partial charge in [0.1, 0.15) is 12.1 Å². The van der Waals surface area contributed by atoms with Crippen LogP contribution in [0.1, 0.15) is 12.0 Å². The van der Waals surface area contributed by atoms with Gasteiger partial charge in [-0.05, 0) is 30.1 Å². The molecular weight excluding hydrogens is 412 g/mol. The van der Waals surface area contributed by atoms with Gasteiger partial charge in [-0.1, -0.05) is 18.2 Å². The highest BCUT2D eigenvalue weighted by Gasteiger charge is 2.27. The first kappa shape index (κ1) is 23.1. The van der Waals surface area contributed by atoms with Crippen LogP contribution in [0.4, 0.5) is 0 Å². The maximum Gasteiger partial charge on any atom is 0.326 e. The van der Waals surface area contributed by atoms with E-state index in [4.69, 9.17) is 5.73 Å². The van der Waals surface area contributed by atoms with E-state index < -0.39 is 35.9 Å². The van der Waals surface area contributed by atoms with Crippen LogP contribution in [-0.2, 0) is 20.8 Å². The largest absolute Gasteiger partial charge is 0.480 e. The number of amides is 2. The number of carboxylic acid groups (broad SMARTS) is 1. The Morgan fingerprint density at radius 1 is 1.21 bits per heavy atom. The predicted molar refractivity (Wildman–Crippen MR) is 118 cm³/mol. The van der Waals surface area contributed by atoms with Gasteiger partial charge in [-0.25, -0.2) is 4.79 Å². The lowest BCUT2D eigenvalue weighted by molar-refractivity contribution is -0.142. The molecule has 1 aromatic heterocycles. The minimum Gasteiger partial charge on any atom is -0.480 e. The number of carbonyl (C=O) groups excluding carboxylic acids is 2. The number of thioether (sulfide) groups is 1. The number of para-hydroxylation sites is 1. The second-order valence-corrected chi connectivity index (χ2v) is 7.95. The molecule has 0 aliphatic heterocycles. The van der Waals surface area contributed by atoms with E-state index in [2.05, 4.69) is 28.2 Å². The van der Waals surface area contributed by atoms with Gasteiger partial charge in [0, 0.05) is 29.3 Å². The predicted octanol–water partition coefficient (Wildman–Crippen LogP) is 0.775. The van der Waals surface area contributed by atoms with Crippen LogP contribution in [0.25, 0.3) is 10.9 Å². The average molecular weight is 439 g/mol. The van der Waals surface area contributed by atoms with E-state index in [9.17, 15) is 19.5 Å². The van der Waals surface area contributed by atoms with Crippen LogP contribution in [0.5, 0.6) is 0 Å². The lowest BCUT2D eigenvalue weighted by Crippen LogP contribution is -2.55. The Kier molecular flexibility index (Phi) is 8.87. The van der Waals surface area contributed by atoms with Crippen LogP contribution >= 0.6 is 24.4 Å². The number of rotatable bonds is 11. The van der Waals surface area contributed by atoms with Gasteiger partial charge in [-0.15, -0.1) is 0 Å². The van der Waals surface area contributed by atoms with E-state index in [0.29, 0.717) is 6.42 Å². The topological polar surface area (TPSA) is 137 Å². The molecule has 6 N–H and O–H groups in total. The summed E-state index contributed by atoms with van der Waals surface area (Å²) in [7, 11) is 0. The third kappa shape index (κ3) is 6.41. The maximum absolute atomic E-state index is 12.6. The van der Waals surface area contributed by atoms with Crippen molar-refractivity contribution in [2.45, 2.75) is 31.0 Å². The molecule has 158 valence electrons. The Labute approximate surface area is 178 Å². The highest BCUT2D eigenvalue weighted by atomic mass is 32.2. The molecule has 1 heterocycles. The molecule has 0 aliphatic carbocycles. The first-order chi connectivity index (χ1) is 13.9. The molecule has 8 nitrogen and oxygen atoms in total. The molecule has 0 unspecified atom stereocenters. The number of hydrogen-bond acceptors (Lipinski definition) is 6. The summed E-state index contributed by atoms with van der Waals surface area (Å²) in [5.41, 5.74) is 7.48. The Morgan fingerprint density at radius 3 is 2.55 bits per heavy atom. The van der Waals surface area contributed by atoms with Crippen molar-refractivity contribution in [2.75, 3.05) is 17.8 Å². The van der Waals surface area contributed by atoms with Crippen LogP contribution in [0.2, 0.25) is 0 Å². The molecule has 0 saturated heterocycles. The van der Waals surface area contributed by atoms with Crippen molar-refractivity contribution in [1.29, 1.82) is 0 Å². The second-order valence-electron chi connectivity index (χ2n) is 6.59. The van der Waals surface area contributed by atoms with E-state index in [-0.39, 0.29) is 12.2 Å². The van der Waals surface area contributed by atoms with E-state index in [1.165, 1.54) is 0 Å². The molecule has 0 radical (unpaired) electrons. The van der Waals surface area contributed by atoms with Crippen LogP contribution in [0.3, 0.4) is 0 Å². The molecule has 0 fully saturated rings. The molecule has 3 atom stereocenters. The van der Waals surface area contributed by atoms with Gasteiger partial charge in [0.05, 0.1) is 6.04 Å². The number of aliphatic carboxylic acids is 1. The van der Waals surface area contributed by atoms with Gasteiger partial charge in [-0.3, -0.25) is 9.59 Å². The van der Waals surface area contributed by atoms with Gasteiger partial charge >= 0.3 is 5.97 Å². The Hall–Kier alpha value is -2.17. The zero-order chi connectivity index (χ0) is 21.4. The summed E-state index contributed by atoms with van der Waals surface area (Å²) in [6.45, 7) is 0. The van der Waals surface area contributed by atoms with E-state index in [1.807, 2.05) is 30.5 Å². The average Bonchev–Trinajstić information content (AvgIpc) is 3.12. The van der Waals surface area contributed by atoms with Gasteiger partial charge in [0.2, 0.25) is 11.8 Å². The number of benzene rings is 1. The minimum atomic E-state index is -1.16. The number of aromatic nitrogens is 1. The summed E-state index contributed by atoms with van der Waals surface area (Å²) in [5, 5.41) is 15.5. The summed E-state index contributed by atoms with van der Waals surface area (Å²) in [5.74, 6) is -1.50. The quantitative estimate of drug-likeness (QED) is 0.287. The highest BCUT2D eigenvalue weighted by Crippen LogP contribution is 2.19. The summed E-state index contributed by atoms with van der Waals surface area (Å²) in [6.07, 6.45) is 4.22. The monoisotopic (exact) mass is 438 g/mol. The summed E-state index contributed by atoms with van der Waals surface area (Å²) >= 11 is 5.68. The molecule has 2 aromatic rings. The summed E-state index contributed by atoms with van der Waals surface area (Å²) in [6, 6.07) is 4.65. The minimum absolute atomic E-state index is 0.0201. The van der Waals surface area contributed by atoms with Crippen molar-refractivity contribution in [2.24, 2.45) is 5.73 Å². The number of aromatic amines is 1. The Bertz CT molecular complexity index is 858. The molecule has 2 amide bonds. The van der Waals surface area contributed by atoms with Gasteiger partial charge in [0.15, 0.2) is 0 Å². The molecule has 2 rings (SSSR count). The third-order valence-corrected chi connectivity index (χ3v) is 5.51. The molecular formula is C19H26N4O4S2. The standard InChI is InChI=1S/C19H26N4O4S2/c1-29-7-6-13(20)17(24)23-16(10-28)18(25)22-15(19(26)27)8-11-9-21-14-5-3-2-4-12(11)14/h2-5,9,13,15-16,21,28H,6-8,10,20H2,1H3,(H,22,25)(H,23,24)(H,26,27)/t13-,15-,16-/m0/s1. The number of nitrogens with one attached hydrogen (secondary N) is 3. The van der Waals surface area contributed by atoms with Gasteiger partial charge in [0.25, 0.3) is 0 Å². The number of fused-ring (bicyclic) bond motifs is 1. The third-order valence-electron chi connectivity index (χ3n) is 4.50. The second kappa shape index (κ2) is 11.1. The van der Waals surface area contributed by atoms with Crippen LogP contribution < -0.4 is 16.4 Å². The fourth-order valence-corrected chi connectivity index (χ4v) is 3.59. The molecule has 1 aromatic carbocycles. The van der Waals surface area contributed by atoms with Crippen molar-refractivity contribution in [3.63, 3.8) is 0 Å². The van der Waals surface area contributed by atoms with E-state index >= 15 is 0 Å². The SMILES string of the molecule is CSCC[C@H](N)C(=O)N[C@@H](CS)C(=O)N[C@@H](Cc1c[nH]c2ccccc12)C(=O)O. The molecule has 0 saturated carbocycles. The number of H-pyrrole nitrogens is 1. The van der Waals surface area contributed by atoms with Crippen molar-refractivity contribution in [1.82, 2.24) is 15.6 Å². The normalized spacial score (nSPS) is 14.2. The Morgan fingerprint density at radius 2 is 1.90 bits per heavy atom. The van der Waals surface area contributed by atoms with Crippen molar-refractivity contribution < 1.29 is 19.5 Å². The molecule has 0 bridgehead atoms. The number of carbonyl (C=O) groups is 3. The number of nitrogens with two attached hydrogens (primary N) is 1. The van der Waals surface area contributed by atoms with Gasteiger partial charge in [-0.2, -0.15) is 24.4 Å². The number of hydrogen-bond donors (Lipinski definition) is 6. The fraction of sp³-hybridized carbons (Fsp3) is 0.421.